The molecule has 0 amide bonds. The first-order valence-electron chi connectivity index (χ1n) is 6.99. The van der Waals surface area contributed by atoms with Crippen molar-refractivity contribution in [3.63, 3.8) is 0 Å². The Kier molecular flexibility index (Phi) is 4.91. The van der Waals surface area contributed by atoms with E-state index >= 15 is 0 Å². The molecule has 19 heavy (non-hydrogen) atoms. The average molecular weight is 266 g/mol. The summed E-state index contributed by atoms with van der Waals surface area (Å²) in [6, 6.07) is 5.18. The van der Waals surface area contributed by atoms with Crippen molar-refractivity contribution in [3.05, 3.63) is 35.1 Å². The zero-order chi connectivity index (χ0) is 13.8. The Morgan fingerprint density at radius 2 is 2.26 bits per heavy atom. The normalized spacial score (nSPS) is 24.6. The summed E-state index contributed by atoms with van der Waals surface area (Å²) in [5.41, 5.74) is 7.58. The second kappa shape index (κ2) is 6.46. The zero-order valence-electron chi connectivity index (χ0n) is 11.7. The van der Waals surface area contributed by atoms with Crippen molar-refractivity contribution in [1.29, 1.82) is 0 Å². The highest BCUT2D eigenvalue weighted by molar-refractivity contribution is 5.28. The molecule has 1 aromatic carbocycles. The van der Waals surface area contributed by atoms with E-state index in [4.69, 9.17) is 10.5 Å². The van der Waals surface area contributed by atoms with E-state index < -0.39 is 0 Å². The topological polar surface area (TPSA) is 38.5 Å². The van der Waals surface area contributed by atoms with Crippen molar-refractivity contribution in [1.82, 2.24) is 4.90 Å². The SMILES string of the molecule is CCCN1CCOC(CN)C1c1cc(C)ccc1F. The molecular weight excluding hydrogens is 243 g/mol. The third-order valence-electron chi connectivity index (χ3n) is 3.67. The van der Waals surface area contributed by atoms with E-state index in [1.807, 2.05) is 13.0 Å². The van der Waals surface area contributed by atoms with E-state index in [-0.39, 0.29) is 18.0 Å². The molecule has 1 aromatic rings. The molecule has 0 radical (unpaired) electrons. The van der Waals surface area contributed by atoms with Crippen molar-refractivity contribution >= 4 is 0 Å². The van der Waals surface area contributed by atoms with Crippen LogP contribution in [0.3, 0.4) is 0 Å². The molecule has 1 saturated heterocycles. The molecule has 0 aliphatic carbocycles. The van der Waals surface area contributed by atoms with Crippen LogP contribution in [0.1, 0.15) is 30.5 Å². The molecule has 3 nitrogen and oxygen atoms in total. The van der Waals surface area contributed by atoms with Crippen LogP contribution in [0.25, 0.3) is 0 Å². The predicted octanol–water partition coefficient (Wildman–Crippen LogP) is 2.24. The molecule has 4 heteroatoms. The molecule has 2 rings (SSSR count). The number of halogens is 1. The number of hydrogen-bond acceptors (Lipinski definition) is 3. The van der Waals surface area contributed by atoms with Gasteiger partial charge >= 0.3 is 0 Å². The van der Waals surface area contributed by atoms with Crippen LogP contribution in [-0.2, 0) is 4.74 Å². The number of morpholine rings is 1. The monoisotopic (exact) mass is 266 g/mol. The van der Waals surface area contributed by atoms with Gasteiger partial charge in [-0.25, -0.2) is 4.39 Å². The molecule has 1 heterocycles. The Labute approximate surface area is 114 Å². The Balaban J connectivity index is 2.36. The molecule has 2 unspecified atom stereocenters. The first-order valence-corrected chi connectivity index (χ1v) is 6.99. The van der Waals surface area contributed by atoms with Gasteiger partial charge in [0.2, 0.25) is 0 Å². The van der Waals surface area contributed by atoms with Gasteiger partial charge in [-0.05, 0) is 26.0 Å². The average Bonchev–Trinajstić information content (AvgIpc) is 2.42. The standard InChI is InChI=1S/C15H23FN2O/c1-3-6-18-7-8-19-14(10-17)15(18)12-9-11(2)4-5-13(12)16/h4-5,9,14-15H,3,6-8,10,17H2,1-2H3. The number of nitrogens with zero attached hydrogens (tertiary/aromatic N) is 1. The van der Waals surface area contributed by atoms with E-state index in [0.29, 0.717) is 18.7 Å². The van der Waals surface area contributed by atoms with Gasteiger partial charge in [0.15, 0.2) is 0 Å². The van der Waals surface area contributed by atoms with E-state index in [9.17, 15) is 4.39 Å². The van der Waals surface area contributed by atoms with Gasteiger partial charge < -0.3 is 10.5 Å². The van der Waals surface area contributed by atoms with Gasteiger partial charge in [0, 0.05) is 18.7 Å². The maximum atomic E-state index is 14.2. The molecule has 2 N–H and O–H groups in total. The second-order valence-corrected chi connectivity index (χ2v) is 5.15. The minimum Gasteiger partial charge on any atom is -0.374 e. The van der Waals surface area contributed by atoms with Crippen molar-refractivity contribution in [2.45, 2.75) is 32.4 Å². The Morgan fingerprint density at radius 3 is 2.95 bits per heavy atom. The summed E-state index contributed by atoms with van der Waals surface area (Å²) in [5, 5.41) is 0. The van der Waals surface area contributed by atoms with Crippen LogP contribution in [0.5, 0.6) is 0 Å². The first kappa shape index (κ1) is 14.4. The maximum absolute atomic E-state index is 14.2. The summed E-state index contributed by atoms with van der Waals surface area (Å²) in [6.45, 7) is 6.98. The summed E-state index contributed by atoms with van der Waals surface area (Å²) in [4.78, 5) is 2.29. The second-order valence-electron chi connectivity index (χ2n) is 5.15. The van der Waals surface area contributed by atoms with Gasteiger partial charge in [-0.1, -0.05) is 24.6 Å². The van der Waals surface area contributed by atoms with Gasteiger partial charge in [-0.15, -0.1) is 0 Å². The first-order chi connectivity index (χ1) is 9.17. The summed E-state index contributed by atoms with van der Waals surface area (Å²) < 4.78 is 19.9. The summed E-state index contributed by atoms with van der Waals surface area (Å²) in [5.74, 6) is -0.166. The van der Waals surface area contributed by atoms with Crippen LogP contribution in [0.4, 0.5) is 4.39 Å². The lowest BCUT2D eigenvalue weighted by Gasteiger charge is -2.41. The van der Waals surface area contributed by atoms with E-state index in [1.54, 1.807) is 6.07 Å². The molecule has 1 aliphatic heterocycles. The molecule has 0 saturated carbocycles. The summed E-state index contributed by atoms with van der Waals surface area (Å²) in [6.07, 6.45) is 0.915. The third kappa shape index (κ3) is 3.14. The minimum absolute atomic E-state index is 0.0707. The number of nitrogens with two attached hydrogens (primary N) is 1. The highest BCUT2D eigenvalue weighted by atomic mass is 19.1. The van der Waals surface area contributed by atoms with Crippen LogP contribution in [-0.4, -0.2) is 37.2 Å². The Hall–Kier alpha value is -0.970. The summed E-state index contributed by atoms with van der Waals surface area (Å²) >= 11 is 0. The lowest BCUT2D eigenvalue weighted by atomic mass is 9.95. The van der Waals surface area contributed by atoms with E-state index in [1.165, 1.54) is 6.07 Å². The van der Waals surface area contributed by atoms with E-state index in [2.05, 4.69) is 11.8 Å². The molecular formula is C15H23FN2O. The summed E-state index contributed by atoms with van der Waals surface area (Å²) in [7, 11) is 0. The zero-order valence-corrected chi connectivity index (χ0v) is 11.7. The lowest BCUT2D eigenvalue weighted by Crippen LogP contribution is -2.48. The van der Waals surface area contributed by atoms with Gasteiger partial charge in [0.25, 0.3) is 0 Å². The minimum atomic E-state index is -0.166. The van der Waals surface area contributed by atoms with Gasteiger partial charge in [-0.2, -0.15) is 0 Å². The van der Waals surface area contributed by atoms with Crippen LogP contribution in [0, 0.1) is 12.7 Å². The van der Waals surface area contributed by atoms with Crippen LogP contribution in [0.2, 0.25) is 0 Å². The fourth-order valence-electron chi connectivity index (χ4n) is 2.81. The molecule has 1 fully saturated rings. The predicted molar refractivity (Wildman–Crippen MR) is 74.5 cm³/mol. The molecule has 0 spiro atoms. The smallest absolute Gasteiger partial charge is 0.128 e. The number of hydrogen-bond donors (Lipinski definition) is 1. The lowest BCUT2D eigenvalue weighted by molar-refractivity contribution is -0.0686. The molecule has 0 aromatic heterocycles. The number of benzene rings is 1. The molecule has 0 bridgehead atoms. The maximum Gasteiger partial charge on any atom is 0.128 e. The van der Waals surface area contributed by atoms with Gasteiger partial charge in [0.05, 0.1) is 18.8 Å². The van der Waals surface area contributed by atoms with Crippen molar-refractivity contribution in [2.24, 2.45) is 5.73 Å². The molecule has 2 atom stereocenters. The van der Waals surface area contributed by atoms with Crippen LogP contribution in [0.15, 0.2) is 18.2 Å². The number of rotatable bonds is 4. The van der Waals surface area contributed by atoms with Gasteiger partial charge in [-0.3, -0.25) is 4.90 Å². The highest BCUT2D eigenvalue weighted by Crippen LogP contribution is 2.31. The van der Waals surface area contributed by atoms with Crippen LogP contribution < -0.4 is 5.73 Å². The Bertz CT molecular complexity index is 423. The molecule has 1 aliphatic rings. The quantitative estimate of drug-likeness (QED) is 0.908. The van der Waals surface area contributed by atoms with Gasteiger partial charge in [0.1, 0.15) is 5.82 Å². The Morgan fingerprint density at radius 1 is 1.47 bits per heavy atom. The highest BCUT2D eigenvalue weighted by Gasteiger charge is 2.33. The molecule has 106 valence electrons. The van der Waals surface area contributed by atoms with Crippen molar-refractivity contribution in [2.75, 3.05) is 26.2 Å². The van der Waals surface area contributed by atoms with Crippen molar-refractivity contribution < 1.29 is 9.13 Å². The van der Waals surface area contributed by atoms with Crippen LogP contribution >= 0.6 is 0 Å². The largest absolute Gasteiger partial charge is 0.374 e. The fourth-order valence-corrected chi connectivity index (χ4v) is 2.81. The van der Waals surface area contributed by atoms with E-state index in [0.717, 1.165) is 25.1 Å². The third-order valence-corrected chi connectivity index (χ3v) is 3.67. The number of ether oxygens (including phenoxy) is 1. The number of aryl methyl sites for hydroxylation is 1. The fraction of sp³-hybridized carbons (Fsp3) is 0.600. The van der Waals surface area contributed by atoms with Crippen molar-refractivity contribution in [3.8, 4) is 0 Å².